The Morgan fingerprint density at radius 3 is 2.65 bits per heavy atom. The maximum atomic E-state index is 5.67. The summed E-state index contributed by atoms with van der Waals surface area (Å²) in [7, 11) is 0. The van der Waals surface area contributed by atoms with Gasteiger partial charge in [0.15, 0.2) is 0 Å². The molecule has 0 bridgehead atoms. The van der Waals surface area contributed by atoms with Crippen LogP contribution >= 0.6 is 0 Å². The fourth-order valence-corrected chi connectivity index (χ4v) is 2.57. The first kappa shape index (κ1) is 16.1. The van der Waals surface area contributed by atoms with E-state index in [-0.39, 0.29) is 12.1 Å². The van der Waals surface area contributed by atoms with Gasteiger partial charge in [0, 0.05) is 11.8 Å². The Morgan fingerprint density at radius 2 is 1.92 bits per heavy atom. The van der Waals surface area contributed by atoms with Gasteiger partial charge >= 0.3 is 6.01 Å². The van der Waals surface area contributed by atoms with Gasteiger partial charge in [0.2, 0.25) is 11.8 Å². The highest BCUT2D eigenvalue weighted by atomic mass is 16.5. The summed E-state index contributed by atoms with van der Waals surface area (Å²) in [6.45, 7) is 5.88. The van der Waals surface area contributed by atoms with Crippen molar-refractivity contribution in [2.24, 2.45) is 0 Å². The zero-order valence-corrected chi connectivity index (χ0v) is 14.6. The molecule has 0 aliphatic carbocycles. The van der Waals surface area contributed by atoms with Crippen molar-refractivity contribution in [3.63, 3.8) is 0 Å². The molecule has 8 heteroatoms. The highest BCUT2D eigenvalue weighted by molar-refractivity contribution is 5.79. The molecule has 132 valence electrons. The lowest BCUT2D eigenvalue weighted by Crippen LogP contribution is -2.05. The summed E-state index contributed by atoms with van der Waals surface area (Å²) < 4.78 is 11.3. The number of hydrogen-bond donors (Lipinski definition) is 2. The van der Waals surface area contributed by atoms with Crippen molar-refractivity contribution in [2.45, 2.75) is 26.9 Å². The predicted octanol–water partition coefficient (Wildman–Crippen LogP) is 3.85. The molecule has 0 radical (unpaired) electrons. The molecule has 3 heterocycles. The number of anilines is 2. The molecule has 0 saturated heterocycles. The van der Waals surface area contributed by atoms with Crippen LogP contribution in [0, 0.1) is 6.92 Å². The number of ether oxygens (including phenoxy) is 1. The summed E-state index contributed by atoms with van der Waals surface area (Å²) in [6.07, 6.45) is 1.86. The molecule has 0 atom stereocenters. The van der Waals surface area contributed by atoms with Crippen molar-refractivity contribution >= 4 is 23.0 Å². The topological polar surface area (TPSA) is 102 Å². The van der Waals surface area contributed by atoms with E-state index in [9.17, 15) is 0 Å². The third-order valence-corrected chi connectivity index (χ3v) is 3.71. The van der Waals surface area contributed by atoms with Crippen LogP contribution in [0.15, 0.2) is 40.9 Å². The minimum absolute atomic E-state index is 0.128. The molecule has 26 heavy (non-hydrogen) atoms. The first-order valence-electron chi connectivity index (χ1n) is 8.27. The average Bonchev–Trinajstić information content (AvgIpc) is 3.23. The molecular formula is C18H18N6O2. The second-order valence-electron chi connectivity index (χ2n) is 6.11. The monoisotopic (exact) mass is 350 g/mol. The van der Waals surface area contributed by atoms with Crippen molar-refractivity contribution in [1.82, 2.24) is 25.1 Å². The number of H-pyrrole nitrogens is 1. The van der Waals surface area contributed by atoms with Crippen LogP contribution in [0.25, 0.3) is 22.5 Å². The number of aromatic amines is 1. The lowest BCUT2D eigenvalue weighted by atomic mass is 10.2. The van der Waals surface area contributed by atoms with E-state index in [1.165, 1.54) is 0 Å². The predicted molar refractivity (Wildman–Crippen MR) is 97.4 cm³/mol. The van der Waals surface area contributed by atoms with Gasteiger partial charge in [-0.1, -0.05) is 5.10 Å². The molecular weight excluding hydrogens is 332 g/mol. The lowest BCUT2D eigenvalue weighted by Gasteiger charge is -2.09. The molecule has 0 aliphatic heterocycles. The molecule has 3 aromatic heterocycles. The van der Waals surface area contributed by atoms with Crippen molar-refractivity contribution in [2.75, 3.05) is 5.32 Å². The number of hydrogen-bond acceptors (Lipinski definition) is 7. The number of benzene rings is 1. The number of aryl methyl sites for hydroxylation is 1. The maximum Gasteiger partial charge on any atom is 0.322 e. The van der Waals surface area contributed by atoms with Crippen LogP contribution in [0.4, 0.5) is 12.0 Å². The van der Waals surface area contributed by atoms with Crippen LogP contribution in [-0.4, -0.2) is 31.3 Å². The minimum atomic E-state index is 0.128. The standard InChI is InChI=1S/C18H18N6O2/c1-10(2)25-13-6-4-12(5-7-13)16-23-24-18(26-16)22-17-20-14-8-9-19-11(3)15(14)21-17/h4-10H,1-3H3,(H2,20,21,22,24). The number of aromatic nitrogens is 5. The van der Waals surface area contributed by atoms with Crippen LogP contribution in [0.3, 0.4) is 0 Å². The molecule has 0 fully saturated rings. The second-order valence-corrected chi connectivity index (χ2v) is 6.11. The van der Waals surface area contributed by atoms with Gasteiger partial charge in [-0.05, 0) is 51.1 Å². The Balaban J connectivity index is 1.53. The Kier molecular flexibility index (Phi) is 4.00. The van der Waals surface area contributed by atoms with Crippen LogP contribution in [-0.2, 0) is 0 Å². The Morgan fingerprint density at radius 1 is 1.12 bits per heavy atom. The van der Waals surface area contributed by atoms with Crippen LogP contribution in [0.2, 0.25) is 0 Å². The smallest absolute Gasteiger partial charge is 0.322 e. The second kappa shape index (κ2) is 6.47. The van der Waals surface area contributed by atoms with Crippen LogP contribution in [0.5, 0.6) is 5.75 Å². The van der Waals surface area contributed by atoms with E-state index in [1.807, 2.05) is 51.1 Å². The first-order valence-corrected chi connectivity index (χ1v) is 8.27. The van der Waals surface area contributed by atoms with Gasteiger partial charge in [0.25, 0.3) is 0 Å². The molecule has 8 nitrogen and oxygen atoms in total. The summed E-state index contributed by atoms with van der Waals surface area (Å²) in [5, 5.41) is 11.1. The van der Waals surface area contributed by atoms with Gasteiger partial charge in [-0.15, -0.1) is 5.10 Å². The molecule has 0 amide bonds. The molecule has 1 aromatic carbocycles. The summed E-state index contributed by atoms with van der Waals surface area (Å²) in [5.74, 6) is 1.73. The zero-order valence-electron chi connectivity index (χ0n) is 14.6. The number of nitrogens with zero attached hydrogens (tertiary/aromatic N) is 4. The number of fused-ring (bicyclic) bond motifs is 1. The van der Waals surface area contributed by atoms with E-state index < -0.39 is 0 Å². The van der Waals surface area contributed by atoms with E-state index in [1.54, 1.807) is 6.20 Å². The van der Waals surface area contributed by atoms with E-state index in [4.69, 9.17) is 9.15 Å². The van der Waals surface area contributed by atoms with E-state index >= 15 is 0 Å². The fraction of sp³-hybridized carbons (Fsp3) is 0.222. The fourth-order valence-electron chi connectivity index (χ4n) is 2.57. The zero-order chi connectivity index (χ0) is 18.1. The van der Waals surface area contributed by atoms with Crippen molar-refractivity contribution < 1.29 is 9.15 Å². The van der Waals surface area contributed by atoms with E-state index in [2.05, 4.69) is 30.5 Å². The number of pyridine rings is 1. The van der Waals surface area contributed by atoms with Crippen molar-refractivity contribution in [3.05, 3.63) is 42.2 Å². The molecule has 2 N–H and O–H groups in total. The third-order valence-electron chi connectivity index (χ3n) is 3.71. The average molecular weight is 350 g/mol. The molecule has 0 saturated carbocycles. The van der Waals surface area contributed by atoms with Gasteiger partial charge in [-0.25, -0.2) is 4.98 Å². The third kappa shape index (κ3) is 3.21. The van der Waals surface area contributed by atoms with Gasteiger partial charge < -0.3 is 14.1 Å². The van der Waals surface area contributed by atoms with E-state index in [0.717, 1.165) is 28.0 Å². The quantitative estimate of drug-likeness (QED) is 0.563. The highest BCUT2D eigenvalue weighted by Crippen LogP contribution is 2.25. The van der Waals surface area contributed by atoms with Gasteiger partial charge in [-0.2, -0.15) is 0 Å². The van der Waals surface area contributed by atoms with E-state index in [0.29, 0.717) is 11.8 Å². The largest absolute Gasteiger partial charge is 0.491 e. The Hall–Kier alpha value is -3.42. The number of rotatable bonds is 5. The molecule has 0 unspecified atom stereocenters. The maximum absolute atomic E-state index is 5.67. The Bertz CT molecular complexity index is 1040. The van der Waals surface area contributed by atoms with Gasteiger partial charge in [-0.3, -0.25) is 10.3 Å². The molecule has 0 spiro atoms. The summed E-state index contributed by atoms with van der Waals surface area (Å²) in [6, 6.07) is 9.63. The van der Waals surface area contributed by atoms with Crippen LogP contribution in [0.1, 0.15) is 19.5 Å². The number of imidazole rings is 1. The lowest BCUT2D eigenvalue weighted by molar-refractivity contribution is 0.242. The van der Waals surface area contributed by atoms with Gasteiger partial charge in [0.1, 0.15) is 11.3 Å². The Labute approximate surface area is 149 Å². The SMILES string of the molecule is Cc1nccc2[nH]c(Nc3nnc(-c4ccc(OC(C)C)cc4)o3)nc12. The summed E-state index contributed by atoms with van der Waals surface area (Å²) in [5.41, 5.74) is 3.35. The first-order chi connectivity index (χ1) is 12.6. The molecule has 4 rings (SSSR count). The minimum Gasteiger partial charge on any atom is -0.491 e. The van der Waals surface area contributed by atoms with Crippen molar-refractivity contribution in [1.29, 1.82) is 0 Å². The molecule has 0 aliphatic rings. The summed E-state index contributed by atoms with van der Waals surface area (Å²) >= 11 is 0. The highest BCUT2D eigenvalue weighted by Gasteiger charge is 2.12. The number of nitrogens with one attached hydrogen (secondary N) is 2. The normalized spacial score (nSPS) is 11.2. The van der Waals surface area contributed by atoms with Crippen LogP contribution < -0.4 is 10.1 Å². The van der Waals surface area contributed by atoms with Crippen molar-refractivity contribution in [3.8, 4) is 17.2 Å². The molecule has 4 aromatic rings. The summed E-state index contributed by atoms with van der Waals surface area (Å²) in [4.78, 5) is 11.8. The van der Waals surface area contributed by atoms with Gasteiger partial charge in [0.05, 0.1) is 17.3 Å².